The van der Waals surface area contributed by atoms with E-state index in [1.54, 1.807) is 16.7 Å². The van der Waals surface area contributed by atoms with Gasteiger partial charge in [0.2, 0.25) is 5.91 Å². The number of rotatable bonds is 10. The molecule has 1 heterocycles. The van der Waals surface area contributed by atoms with E-state index in [0.717, 1.165) is 6.54 Å². The van der Waals surface area contributed by atoms with Gasteiger partial charge in [-0.25, -0.2) is 4.98 Å². The number of nitrogens with zero attached hydrogens (tertiary/aromatic N) is 3. The summed E-state index contributed by atoms with van der Waals surface area (Å²) in [6, 6.07) is 8.10. The van der Waals surface area contributed by atoms with Crippen LogP contribution in [0.25, 0.3) is 10.9 Å². The number of amides is 1. The summed E-state index contributed by atoms with van der Waals surface area (Å²) in [5, 5.41) is 3.93. The topological polar surface area (TPSA) is 67.2 Å². The maximum atomic E-state index is 13.1. The third-order valence-electron chi connectivity index (χ3n) is 4.51. The molecule has 0 aliphatic carbocycles. The van der Waals surface area contributed by atoms with Crippen molar-refractivity contribution in [1.29, 1.82) is 0 Å². The van der Waals surface area contributed by atoms with E-state index in [0.29, 0.717) is 41.2 Å². The predicted octanol–water partition coefficient (Wildman–Crippen LogP) is 2.91. The molecule has 1 amide bonds. The third kappa shape index (κ3) is 5.69. The summed E-state index contributed by atoms with van der Waals surface area (Å²) in [6.07, 6.45) is 1.64. The summed E-state index contributed by atoms with van der Waals surface area (Å²) < 4.78 is 1.70. The molecular weight excluding hydrogens is 372 g/mol. The summed E-state index contributed by atoms with van der Waals surface area (Å²) in [5.74, 6) is 0.0984. The van der Waals surface area contributed by atoms with Crippen molar-refractivity contribution in [1.82, 2.24) is 19.8 Å². The van der Waals surface area contributed by atoms with Crippen LogP contribution in [0.5, 0.6) is 0 Å². The predicted molar refractivity (Wildman–Crippen MR) is 117 cm³/mol. The van der Waals surface area contributed by atoms with E-state index >= 15 is 0 Å². The molecule has 0 aliphatic rings. The van der Waals surface area contributed by atoms with Crippen LogP contribution in [0.3, 0.4) is 0 Å². The Morgan fingerprint density at radius 2 is 1.96 bits per heavy atom. The number of carbonyl (C=O) groups excluding carboxylic acids is 1. The summed E-state index contributed by atoms with van der Waals surface area (Å²) in [7, 11) is 0. The molecule has 0 spiro atoms. The molecule has 0 saturated carbocycles. The van der Waals surface area contributed by atoms with Crippen LogP contribution in [0, 0.1) is 0 Å². The number of benzene rings is 1. The van der Waals surface area contributed by atoms with Crippen LogP contribution < -0.4 is 10.9 Å². The molecule has 0 aliphatic heterocycles. The third-order valence-corrected chi connectivity index (χ3v) is 5.49. The fourth-order valence-electron chi connectivity index (χ4n) is 3.15. The molecule has 0 fully saturated rings. The van der Waals surface area contributed by atoms with Gasteiger partial charge in [0, 0.05) is 31.7 Å². The first kappa shape index (κ1) is 22.2. The average molecular weight is 403 g/mol. The second-order valence-electron chi connectivity index (χ2n) is 7.18. The Hall–Kier alpha value is -2.12. The summed E-state index contributed by atoms with van der Waals surface area (Å²) in [4.78, 5) is 32.1. The van der Waals surface area contributed by atoms with E-state index in [9.17, 15) is 9.59 Å². The fourth-order valence-corrected chi connectivity index (χ4v) is 4.01. The zero-order chi connectivity index (χ0) is 20.7. The molecule has 152 valence electrons. The van der Waals surface area contributed by atoms with E-state index in [-0.39, 0.29) is 17.2 Å². The van der Waals surface area contributed by atoms with Crippen molar-refractivity contribution in [2.24, 2.45) is 0 Å². The van der Waals surface area contributed by atoms with Crippen LogP contribution in [-0.2, 0) is 11.3 Å². The molecule has 0 radical (unpaired) electrons. The molecule has 2 aromatic rings. The molecule has 0 saturated heterocycles. The summed E-state index contributed by atoms with van der Waals surface area (Å²) in [5.41, 5.74) is 0.592. The molecule has 6 nitrogen and oxygen atoms in total. The quantitative estimate of drug-likeness (QED) is 0.376. The van der Waals surface area contributed by atoms with Crippen LogP contribution in [0.4, 0.5) is 0 Å². The Balaban J connectivity index is 2.32. The highest BCUT2D eigenvalue weighted by Crippen LogP contribution is 2.18. The minimum Gasteiger partial charge on any atom is -0.352 e. The molecular formula is C21H30N4O2S. The van der Waals surface area contributed by atoms with Gasteiger partial charge in [-0.2, -0.15) is 0 Å². The average Bonchev–Trinajstić information content (AvgIpc) is 2.66. The molecule has 0 atom stereocenters. The lowest BCUT2D eigenvalue weighted by Crippen LogP contribution is -2.40. The highest BCUT2D eigenvalue weighted by molar-refractivity contribution is 7.99. The maximum Gasteiger partial charge on any atom is 0.262 e. The Bertz CT molecular complexity index is 868. The number of aromatic nitrogens is 2. The molecule has 1 aromatic heterocycles. The standard InChI is InChI=1S/C21H30N4O2S/c1-6-11-22-19(26)14-28-21-23-18-10-8-7-9-17(18)20(27)25(21)13-12-24(15(2)3)16(4)5/h6-10,15-16H,1,11-14H2,2-5H3,(H,22,26). The SMILES string of the molecule is C=CCNC(=O)CSc1nc2ccccc2c(=O)n1CCN(C(C)C)C(C)C. The summed E-state index contributed by atoms with van der Waals surface area (Å²) >= 11 is 1.29. The lowest BCUT2D eigenvalue weighted by molar-refractivity contribution is -0.118. The first-order valence-electron chi connectivity index (χ1n) is 9.60. The van der Waals surface area contributed by atoms with Crippen LogP contribution in [-0.4, -0.2) is 51.3 Å². The molecule has 0 bridgehead atoms. The Morgan fingerprint density at radius 1 is 1.29 bits per heavy atom. The van der Waals surface area contributed by atoms with Gasteiger partial charge < -0.3 is 5.32 Å². The molecule has 7 heteroatoms. The molecule has 28 heavy (non-hydrogen) atoms. The van der Waals surface area contributed by atoms with Gasteiger partial charge in [0.25, 0.3) is 5.56 Å². The zero-order valence-corrected chi connectivity index (χ0v) is 18.0. The Morgan fingerprint density at radius 3 is 2.61 bits per heavy atom. The van der Waals surface area contributed by atoms with Crippen molar-refractivity contribution < 1.29 is 4.79 Å². The van der Waals surface area contributed by atoms with Crippen molar-refractivity contribution in [2.45, 2.75) is 51.5 Å². The highest BCUT2D eigenvalue weighted by Gasteiger charge is 2.17. The molecule has 1 N–H and O–H groups in total. The lowest BCUT2D eigenvalue weighted by atomic mass is 10.2. The number of carbonyl (C=O) groups is 1. The van der Waals surface area contributed by atoms with Gasteiger partial charge >= 0.3 is 0 Å². The molecule has 2 rings (SSSR count). The molecule has 0 unspecified atom stereocenters. The van der Waals surface area contributed by atoms with E-state index in [2.05, 4.69) is 49.5 Å². The second-order valence-corrected chi connectivity index (χ2v) is 8.12. The van der Waals surface area contributed by atoms with Crippen molar-refractivity contribution in [3.8, 4) is 0 Å². The normalized spacial score (nSPS) is 11.5. The monoisotopic (exact) mass is 402 g/mol. The first-order chi connectivity index (χ1) is 13.3. The van der Waals surface area contributed by atoms with Gasteiger partial charge in [0.15, 0.2) is 5.16 Å². The van der Waals surface area contributed by atoms with E-state index in [4.69, 9.17) is 0 Å². The van der Waals surface area contributed by atoms with Gasteiger partial charge in [0.05, 0.1) is 16.7 Å². The van der Waals surface area contributed by atoms with Crippen molar-refractivity contribution >= 4 is 28.6 Å². The largest absolute Gasteiger partial charge is 0.352 e. The smallest absolute Gasteiger partial charge is 0.262 e. The first-order valence-corrected chi connectivity index (χ1v) is 10.6. The van der Waals surface area contributed by atoms with Gasteiger partial charge in [0.1, 0.15) is 0 Å². The van der Waals surface area contributed by atoms with Crippen LogP contribution in [0.1, 0.15) is 27.7 Å². The Kier molecular flexibility index (Phi) is 8.26. The van der Waals surface area contributed by atoms with Crippen LogP contribution >= 0.6 is 11.8 Å². The number of hydrogen-bond donors (Lipinski definition) is 1. The van der Waals surface area contributed by atoms with Gasteiger partial charge in [-0.15, -0.1) is 6.58 Å². The van der Waals surface area contributed by atoms with E-state index < -0.39 is 0 Å². The number of fused-ring (bicyclic) bond motifs is 1. The van der Waals surface area contributed by atoms with Gasteiger partial charge in [-0.3, -0.25) is 19.1 Å². The summed E-state index contributed by atoms with van der Waals surface area (Å²) in [6.45, 7) is 13.9. The number of hydrogen-bond acceptors (Lipinski definition) is 5. The van der Waals surface area contributed by atoms with Gasteiger partial charge in [-0.05, 0) is 39.8 Å². The van der Waals surface area contributed by atoms with E-state index in [1.165, 1.54) is 11.8 Å². The maximum absolute atomic E-state index is 13.1. The van der Waals surface area contributed by atoms with Crippen molar-refractivity contribution in [3.05, 3.63) is 47.3 Å². The van der Waals surface area contributed by atoms with Crippen molar-refractivity contribution in [3.63, 3.8) is 0 Å². The fraction of sp³-hybridized carbons (Fsp3) is 0.476. The van der Waals surface area contributed by atoms with Gasteiger partial charge in [-0.1, -0.05) is 30.0 Å². The zero-order valence-electron chi connectivity index (χ0n) is 17.1. The van der Waals surface area contributed by atoms with Crippen LogP contribution in [0.15, 0.2) is 46.9 Å². The number of thioether (sulfide) groups is 1. The minimum atomic E-state index is -0.107. The lowest BCUT2D eigenvalue weighted by Gasteiger charge is -2.30. The highest BCUT2D eigenvalue weighted by atomic mass is 32.2. The Labute approximate surface area is 171 Å². The van der Waals surface area contributed by atoms with E-state index in [1.807, 2.05) is 18.2 Å². The second kappa shape index (κ2) is 10.4. The van der Waals surface area contributed by atoms with Crippen molar-refractivity contribution in [2.75, 3.05) is 18.8 Å². The minimum absolute atomic E-state index is 0.0629. The number of nitrogens with one attached hydrogen (secondary N) is 1. The molecule has 1 aromatic carbocycles. The number of para-hydroxylation sites is 1. The van der Waals surface area contributed by atoms with Crippen LogP contribution in [0.2, 0.25) is 0 Å².